The Balaban J connectivity index is 1.57. The zero-order chi connectivity index (χ0) is 22.1. The summed E-state index contributed by atoms with van der Waals surface area (Å²) in [6, 6.07) is 18.7. The molecule has 0 saturated carbocycles. The number of nitrogens with two attached hydrogens (primary N) is 1. The zero-order valence-corrected chi connectivity index (χ0v) is 17.8. The van der Waals surface area contributed by atoms with E-state index in [0.717, 1.165) is 24.2 Å². The van der Waals surface area contributed by atoms with Gasteiger partial charge in [0.1, 0.15) is 22.8 Å². The number of para-hydroxylation sites is 1. The SMILES string of the molecule is CO[C@H]1CNC[C@@H](n2c(=O)n(-c3ccc(Oc4ccccc4)cc3)c3c(N)nccc32)C1. The molecule has 4 aromatic rings. The maximum Gasteiger partial charge on any atom is 0.334 e. The molecule has 3 heterocycles. The number of methoxy groups -OCH3 is 1. The van der Waals surface area contributed by atoms with Crippen LogP contribution in [-0.2, 0) is 4.74 Å². The molecule has 3 N–H and O–H groups in total. The predicted molar refractivity (Wildman–Crippen MR) is 124 cm³/mol. The summed E-state index contributed by atoms with van der Waals surface area (Å²) in [5.41, 5.74) is 8.15. The number of benzene rings is 2. The van der Waals surface area contributed by atoms with E-state index in [1.165, 1.54) is 0 Å². The normalized spacial score (nSPS) is 18.7. The summed E-state index contributed by atoms with van der Waals surface area (Å²) >= 11 is 0. The summed E-state index contributed by atoms with van der Waals surface area (Å²) in [6.07, 6.45) is 2.43. The smallest absolute Gasteiger partial charge is 0.334 e. The molecule has 164 valence electrons. The lowest BCUT2D eigenvalue weighted by atomic mass is 10.0. The number of piperidine rings is 1. The lowest BCUT2D eigenvalue weighted by molar-refractivity contribution is 0.0638. The van der Waals surface area contributed by atoms with Gasteiger partial charge in [0.2, 0.25) is 0 Å². The Morgan fingerprint density at radius 2 is 1.78 bits per heavy atom. The van der Waals surface area contributed by atoms with Crippen LogP contribution in [0.25, 0.3) is 16.7 Å². The minimum absolute atomic E-state index is 0.0487. The molecule has 2 aromatic carbocycles. The fraction of sp³-hybridized carbons (Fsp3) is 0.250. The Bertz CT molecular complexity index is 1280. The molecule has 0 amide bonds. The second-order valence-electron chi connectivity index (χ2n) is 7.87. The topological polar surface area (TPSA) is 96.3 Å². The first-order valence-corrected chi connectivity index (χ1v) is 10.6. The van der Waals surface area contributed by atoms with Gasteiger partial charge in [-0.15, -0.1) is 0 Å². The van der Waals surface area contributed by atoms with E-state index in [-0.39, 0.29) is 17.8 Å². The fourth-order valence-electron chi connectivity index (χ4n) is 4.33. The molecule has 1 saturated heterocycles. The van der Waals surface area contributed by atoms with E-state index in [0.29, 0.717) is 29.3 Å². The Morgan fingerprint density at radius 1 is 1.03 bits per heavy atom. The monoisotopic (exact) mass is 431 g/mol. The number of anilines is 1. The fourth-order valence-corrected chi connectivity index (χ4v) is 4.33. The molecule has 0 unspecified atom stereocenters. The average Bonchev–Trinajstić information content (AvgIpc) is 3.13. The molecule has 8 heteroatoms. The lowest BCUT2D eigenvalue weighted by Crippen LogP contribution is -2.43. The number of pyridine rings is 1. The third-order valence-electron chi connectivity index (χ3n) is 5.87. The molecule has 5 rings (SSSR count). The van der Waals surface area contributed by atoms with E-state index < -0.39 is 0 Å². The molecule has 2 atom stereocenters. The number of ether oxygens (including phenoxy) is 2. The van der Waals surface area contributed by atoms with Gasteiger partial charge < -0.3 is 20.5 Å². The zero-order valence-electron chi connectivity index (χ0n) is 17.8. The number of nitrogen functional groups attached to an aromatic ring is 1. The van der Waals surface area contributed by atoms with E-state index in [2.05, 4.69) is 10.3 Å². The molecule has 1 fully saturated rings. The van der Waals surface area contributed by atoms with Crippen molar-refractivity contribution in [2.75, 3.05) is 25.9 Å². The van der Waals surface area contributed by atoms with Crippen molar-refractivity contribution in [1.29, 1.82) is 0 Å². The molecule has 2 aromatic heterocycles. The van der Waals surface area contributed by atoms with Gasteiger partial charge in [-0.2, -0.15) is 0 Å². The first-order valence-electron chi connectivity index (χ1n) is 10.6. The highest BCUT2D eigenvalue weighted by Crippen LogP contribution is 2.28. The van der Waals surface area contributed by atoms with Gasteiger partial charge in [-0.25, -0.2) is 9.78 Å². The summed E-state index contributed by atoms with van der Waals surface area (Å²) in [5.74, 6) is 1.75. The van der Waals surface area contributed by atoms with Crippen LogP contribution < -0.4 is 21.5 Å². The molecule has 1 aliphatic heterocycles. The number of hydrogen-bond donors (Lipinski definition) is 2. The van der Waals surface area contributed by atoms with Crippen molar-refractivity contribution in [2.45, 2.75) is 18.6 Å². The lowest BCUT2D eigenvalue weighted by Gasteiger charge is -2.29. The number of imidazole rings is 1. The van der Waals surface area contributed by atoms with Crippen molar-refractivity contribution in [3.63, 3.8) is 0 Å². The summed E-state index contributed by atoms with van der Waals surface area (Å²) in [5, 5.41) is 3.36. The van der Waals surface area contributed by atoms with Gasteiger partial charge in [-0.05, 0) is 48.9 Å². The number of nitrogens with one attached hydrogen (secondary N) is 1. The minimum Gasteiger partial charge on any atom is -0.457 e. The first kappa shape index (κ1) is 20.3. The standard InChI is InChI=1S/C24H25N5O3/c1-31-20-13-17(14-26-15-20)28-21-11-12-27-23(25)22(21)29(24(28)30)16-7-9-19(10-8-16)32-18-5-3-2-4-6-18/h2-12,17,20,26H,13-15H2,1H3,(H2,25,27)/t17-,20+/m0/s1. The molecule has 0 aliphatic carbocycles. The molecule has 1 aliphatic rings. The van der Waals surface area contributed by atoms with Gasteiger partial charge in [0, 0.05) is 26.4 Å². The van der Waals surface area contributed by atoms with Gasteiger partial charge >= 0.3 is 5.69 Å². The van der Waals surface area contributed by atoms with Gasteiger partial charge in [0.25, 0.3) is 0 Å². The second-order valence-corrected chi connectivity index (χ2v) is 7.87. The van der Waals surface area contributed by atoms with Crippen LogP contribution in [-0.4, -0.2) is 40.4 Å². The number of nitrogens with zero attached hydrogens (tertiary/aromatic N) is 3. The van der Waals surface area contributed by atoms with Gasteiger partial charge in [0.05, 0.1) is 23.3 Å². The largest absolute Gasteiger partial charge is 0.457 e. The quantitative estimate of drug-likeness (QED) is 0.504. The van der Waals surface area contributed by atoms with E-state index in [1.807, 2.05) is 60.7 Å². The second kappa shape index (κ2) is 8.49. The summed E-state index contributed by atoms with van der Waals surface area (Å²) in [4.78, 5) is 17.9. The van der Waals surface area contributed by atoms with Crippen molar-refractivity contribution in [2.24, 2.45) is 0 Å². The van der Waals surface area contributed by atoms with Gasteiger partial charge in [-0.1, -0.05) is 18.2 Å². The molecule has 0 spiro atoms. The summed E-state index contributed by atoms with van der Waals surface area (Å²) in [6.45, 7) is 1.46. The van der Waals surface area contributed by atoms with Gasteiger partial charge in [0.15, 0.2) is 0 Å². The summed E-state index contributed by atoms with van der Waals surface area (Å²) in [7, 11) is 1.70. The highest BCUT2D eigenvalue weighted by Gasteiger charge is 2.28. The maximum atomic E-state index is 13.7. The average molecular weight is 431 g/mol. The van der Waals surface area contributed by atoms with Crippen LogP contribution in [0.4, 0.5) is 5.82 Å². The van der Waals surface area contributed by atoms with Crippen molar-refractivity contribution < 1.29 is 9.47 Å². The number of rotatable bonds is 5. The van der Waals surface area contributed by atoms with Crippen molar-refractivity contribution in [3.8, 4) is 17.2 Å². The molecular weight excluding hydrogens is 406 g/mol. The van der Waals surface area contributed by atoms with Crippen LogP contribution in [0, 0.1) is 0 Å². The van der Waals surface area contributed by atoms with Crippen molar-refractivity contribution >= 4 is 16.9 Å². The van der Waals surface area contributed by atoms with E-state index in [9.17, 15) is 4.79 Å². The molecular formula is C24H25N5O3. The first-order chi connectivity index (χ1) is 15.7. The van der Waals surface area contributed by atoms with Crippen LogP contribution in [0.5, 0.6) is 11.5 Å². The van der Waals surface area contributed by atoms with Crippen LogP contribution >= 0.6 is 0 Å². The maximum absolute atomic E-state index is 13.7. The Kier molecular flexibility index (Phi) is 5.38. The highest BCUT2D eigenvalue weighted by atomic mass is 16.5. The third kappa shape index (κ3) is 3.63. The van der Waals surface area contributed by atoms with Crippen LogP contribution in [0.3, 0.4) is 0 Å². The Hall–Kier alpha value is -3.62. The Labute approximate surface area is 185 Å². The third-order valence-corrected chi connectivity index (χ3v) is 5.87. The van der Waals surface area contributed by atoms with Gasteiger partial charge in [-0.3, -0.25) is 9.13 Å². The molecule has 32 heavy (non-hydrogen) atoms. The van der Waals surface area contributed by atoms with Crippen LogP contribution in [0.1, 0.15) is 12.5 Å². The summed E-state index contributed by atoms with van der Waals surface area (Å²) < 4.78 is 14.9. The Morgan fingerprint density at radius 3 is 2.53 bits per heavy atom. The van der Waals surface area contributed by atoms with E-state index >= 15 is 0 Å². The number of fused-ring (bicyclic) bond motifs is 1. The highest BCUT2D eigenvalue weighted by molar-refractivity contribution is 5.87. The van der Waals surface area contributed by atoms with Crippen LogP contribution in [0.15, 0.2) is 71.7 Å². The number of hydrogen-bond acceptors (Lipinski definition) is 6. The minimum atomic E-state index is -0.153. The molecule has 8 nitrogen and oxygen atoms in total. The number of aromatic nitrogens is 3. The molecule has 0 radical (unpaired) electrons. The van der Waals surface area contributed by atoms with Crippen LogP contribution in [0.2, 0.25) is 0 Å². The van der Waals surface area contributed by atoms with E-state index in [4.69, 9.17) is 15.2 Å². The predicted octanol–water partition coefficient (Wildman–Crippen LogP) is 3.11. The van der Waals surface area contributed by atoms with Crippen molar-refractivity contribution in [1.82, 2.24) is 19.4 Å². The van der Waals surface area contributed by atoms with Crippen molar-refractivity contribution in [3.05, 3.63) is 77.3 Å². The van der Waals surface area contributed by atoms with E-state index in [1.54, 1.807) is 22.4 Å². The molecule has 0 bridgehead atoms.